The summed E-state index contributed by atoms with van der Waals surface area (Å²) in [7, 11) is 0. The molecule has 0 spiro atoms. The van der Waals surface area contributed by atoms with E-state index in [1.807, 2.05) is 0 Å². The quantitative estimate of drug-likeness (QED) is 0.699. The third-order valence-corrected chi connectivity index (χ3v) is 5.25. The Labute approximate surface area is 129 Å². The lowest BCUT2D eigenvalue weighted by Crippen LogP contribution is -1.99. The highest BCUT2D eigenvalue weighted by Gasteiger charge is 2.24. The smallest absolute Gasteiger partial charge is 0.230 e. The maximum absolute atomic E-state index is 13.5. The number of nitrogens with zero attached hydrogens (tertiary/aromatic N) is 1. The van der Waals surface area contributed by atoms with Crippen LogP contribution in [0.4, 0.5) is 9.39 Å². The van der Waals surface area contributed by atoms with Gasteiger partial charge in [0.2, 0.25) is 5.89 Å². The zero-order valence-corrected chi connectivity index (χ0v) is 12.7. The second kappa shape index (κ2) is 4.71. The number of benzene rings is 1. The van der Waals surface area contributed by atoms with Crippen LogP contribution in [0.5, 0.6) is 0 Å². The van der Waals surface area contributed by atoms with Crippen molar-refractivity contribution >= 4 is 39.0 Å². The van der Waals surface area contributed by atoms with Gasteiger partial charge in [0.05, 0.1) is 15.6 Å². The molecule has 0 bridgehead atoms. The molecule has 0 fully saturated rings. The minimum Gasteiger partial charge on any atom is -0.436 e. The predicted octanol–water partition coefficient (Wildman–Crippen LogP) is 4.81. The van der Waals surface area contributed by atoms with Crippen LogP contribution in [0.15, 0.2) is 16.5 Å². The summed E-state index contributed by atoms with van der Waals surface area (Å²) in [4.78, 5) is 5.75. The molecule has 0 amide bonds. The van der Waals surface area contributed by atoms with Gasteiger partial charge in [-0.2, -0.15) is 0 Å². The third kappa shape index (κ3) is 2.03. The molecule has 0 radical (unpaired) electrons. The van der Waals surface area contributed by atoms with Crippen molar-refractivity contribution in [2.45, 2.75) is 25.7 Å². The maximum atomic E-state index is 13.5. The minimum atomic E-state index is -0.507. The van der Waals surface area contributed by atoms with E-state index in [1.54, 1.807) is 11.3 Å². The molecule has 2 N–H and O–H groups in total. The van der Waals surface area contributed by atoms with Gasteiger partial charge in [-0.3, -0.25) is 0 Å². The Morgan fingerprint density at radius 3 is 2.95 bits per heavy atom. The van der Waals surface area contributed by atoms with Crippen molar-refractivity contribution in [1.29, 1.82) is 0 Å². The summed E-state index contributed by atoms with van der Waals surface area (Å²) < 4.78 is 19.2. The average Bonchev–Trinajstić information content (AvgIpc) is 2.98. The lowest BCUT2D eigenvalue weighted by atomic mass is 9.95. The Morgan fingerprint density at radius 2 is 2.10 bits per heavy atom. The molecule has 1 aromatic carbocycles. The number of aromatic nitrogens is 1. The number of anilines is 1. The summed E-state index contributed by atoms with van der Waals surface area (Å²) in [6, 6.07) is 2.75. The molecule has 0 saturated carbocycles. The van der Waals surface area contributed by atoms with Crippen molar-refractivity contribution in [2.24, 2.45) is 0 Å². The van der Waals surface area contributed by atoms with Crippen LogP contribution in [0.3, 0.4) is 0 Å². The van der Waals surface area contributed by atoms with E-state index in [-0.39, 0.29) is 5.02 Å². The number of nitrogens with two attached hydrogens (primary N) is 1. The summed E-state index contributed by atoms with van der Waals surface area (Å²) in [6.07, 6.45) is 4.40. The van der Waals surface area contributed by atoms with Crippen LogP contribution in [-0.4, -0.2) is 4.98 Å². The molecule has 0 unspecified atom stereocenters. The Morgan fingerprint density at radius 1 is 1.29 bits per heavy atom. The second-order valence-corrected chi connectivity index (χ2v) is 6.75. The first-order valence-electron chi connectivity index (χ1n) is 6.79. The molecule has 1 aliphatic carbocycles. The van der Waals surface area contributed by atoms with Crippen molar-refractivity contribution < 1.29 is 8.81 Å². The number of fused-ring (bicyclic) bond motifs is 2. The number of oxazole rings is 1. The molecule has 3 nitrogen and oxygen atoms in total. The highest BCUT2D eigenvalue weighted by Crippen LogP contribution is 2.43. The minimum absolute atomic E-state index is 0.0441. The van der Waals surface area contributed by atoms with Crippen molar-refractivity contribution in [3.05, 3.63) is 33.4 Å². The molecule has 2 heterocycles. The van der Waals surface area contributed by atoms with Crippen LogP contribution < -0.4 is 5.73 Å². The second-order valence-electron chi connectivity index (χ2n) is 5.20. The molecule has 3 aromatic rings. The highest BCUT2D eigenvalue weighted by atomic mass is 35.5. The van der Waals surface area contributed by atoms with Crippen LogP contribution in [0, 0.1) is 5.82 Å². The van der Waals surface area contributed by atoms with Crippen molar-refractivity contribution in [1.82, 2.24) is 4.98 Å². The highest BCUT2D eigenvalue weighted by molar-refractivity contribution is 7.16. The molecule has 1 aliphatic rings. The van der Waals surface area contributed by atoms with Gasteiger partial charge in [-0.05, 0) is 37.3 Å². The lowest BCUT2D eigenvalue weighted by Gasteiger charge is -2.10. The number of hydrogen-bond acceptors (Lipinski definition) is 4. The molecule has 108 valence electrons. The number of rotatable bonds is 1. The number of nitrogen functional groups attached to an aromatic ring is 1. The number of hydrogen-bond donors (Lipinski definition) is 1. The summed E-state index contributed by atoms with van der Waals surface area (Å²) in [5.41, 5.74) is 9.21. The van der Waals surface area contributed by atoms with E-state index in [2.05, 4.69) is 4.98 Å². The first-order chi connectivity index (χ1) is 10.1. The van der Waals surface area contributed by atoms with Crippen LogP contribution in [0.25, 0.3) is 22.6 Å². The van der Waals surface area contributed by atoms with Gasteiger partial charge in [-0.1, -0.05) is 11.6 Å². The number of aryl methyl sites for hydroxylation is 1. The fourth-order valence-corrected chi connectivity index (χ4v) is 4.16. The summed E-state index contributed by atoms with van der Waals surface area (Å²) in [5.74, 6) is -0.0456. The molecule has 0 aliphatic heterocycles. The van der Waals surface area contributed by atoms with Gasteiger partial charge in [-0.25, -0.2) is 9.37 Å². The lowest BCUT2D eigenvalue weighted by molar-refractivity contribution is 0.601. The Bertz CT molecular complexity index is 816. The van der Waals surface area contributed by atoms with E-state index in [0.717, 1.165) is 29.8 Å². The van der Waals surface area contributed by atoms with Crippen LogP contribution >= 0.6 is 22.9 Å². The Hall–Kier alpha value is -1.59. The first kappa shape index (κ1) is 13.1. The summed E-state index contributed by atoms with van der Waals surface area (Å²) in [5, 5.41) is 0.766. The van der Waals surface area contributed by atoms with Gasteiger partial charge < -0.3 is 10.2 Å². The topological polar surface area (TPSA) is 52.0 Å². The largest absolute Gasteiger partial charge is 0.436 e. The van der Waals surface area contributed by atoms with Gasteiger partial charge in [0, 0.05) is 10.9 Å². The van der Waals surface area contributed by atoms with Gasteiger partial charge in [0.25, 0.3) is 0 Å². The van der Waals surface area contributed by atoms with Gasteiger partial charge in [0.1, 0.15) is 11.3 Å². The molecule has 2 aromatic heterocycles. The molecule has 21 heavy (non-hydrogen) atoms. The Kier molecular flexibility index (Phi) is 2.94. The van der Waals surface area contributed by atoms with Crippen molar-refractivity contribution in [2.75, 3.05) is 5.73 Å². The fourth-order valence-electron chi connectivity index (χ4n) is 2.85. The predicted molar refractivity (Wildman–Crippen MR) is 83.3 cm³/mol. The van der Waals surface area contributed by atoms with E-state index in [4.69, 9.17) is 21.8 Å². The van der Waals surface area contributed by atoms with Crippen LogP contribution in [0.1, 0.15) is 23.3 Å². The normalized spacial score (nSPS) is 14.6. The summed E-state index contributed by atoms with van der Waals surface area (Å²) in [6.45, 7) is 0. The summed E-state index contributed by atoms with van der Waals surface area (Å²) >= 11 is 7.39. The van der Waals surface area contributed by atoms with Crippen LogP contribution in [0.2, 0.25) is 5.02 Å². The zero-order valence-electron chi connectivity index (χ0n) is 11.1. The molecule has 0 atom stereocenters. The van der Waals surface area contributed by atoms with E-state index in [0.29, 0.717) is 17.0 Å². The standard InChI is InChI=1S/C15H12ClFN2OS/c16-8-5-10-11(6-9(8)17)20-15(19-10)13-7-3-1-2-4-12(7)21-14(13)18/h5-6H,1-4,18H2. The van der Waals surface area contributed by atoms with E-state index in [1.165, 1.54) is 29.0 Å². The van der Waals surface area contributed by atoms with Crippen LogP contribution in [-0.2, 0) is 12.8 Å². The zero-order chi connectivity index (χ0) is 14.6. The first-order valence-corrected chi connectivity index (χ1v) is 7.99. The molecular weight excluding hydrogens is 311 g/mol. The Balaban J connectivity index is 1.92. The van der Waals surface area contributed by atoms with Gasteiger partial charge in [0.15, 0.2) is 5.58 Å². The maximum Gasteiger partial charge on any atom is 0.230 e. The SMILES string of the molecule is Nc1sc2c(c1-c1nc3cc(Cl)c(F)cc3o1)CCCC2. The van der Waals surface area contributed by atoms with E-state index in [9.17, 15) is 4.39 Å². The van der Waals surface area contributed by atoms with Gasteiger partial charge in [-0.15, -0.1) is 11.3 Å². The fraction of sp³-hybridized carbons (Fsp3) is 0.267. The van der Waals surface area contributed by atoms with Gasteiger partial charge >= 0.3 is 0 Å². The number of thiophene rings is 1. The molecule has 4 rings (SSSR count). The number of halogens is 2. The average molecular weight is 323 g/mol. The monoisotopic (exact) mass is 322 g/mol. The molecular formula is C15H12ClFN2OS. The molecule has 0 saturated heterocycles. The third-order valence-electron chi connectivity index (χ3n) is 3.84. The van der Waals surface area contributed by atoms with E-state index >= 15 is 0 Å². The van der Waals surface area contributed by atoms with Crippen molar-refractivity contribution in [3.63, 3.8) is 0 Å². The van der Waals surface area contributed by atoms with Crippen molar-refractivity contribution in [3.8, 4) is 11.5 Å². The molecule has 6 heteroatoms. The van der Waals surface area contributed by atoms with E-state index < -0.39 is 5.82 Å².